The van der Waals surface area contributed by atoms with Crippen molar-refractivity contribution in [2.75, 3.05) is 0 Å². The van der Waals surface area contributed by atoms with Crippen LogP contribution < -0.4 is 5.43 Å². The van der Waals surface area contributed by atoms with Gasteiger partial charge in [0.2, 0.25) is 5.91 Å². The number of carbonyl (C=O) groups excluding carboxylic acids is 1. The molecule has 2 rings (SSSR count). The van der Waals surface area contributed by atoms with Crippen LogP contribution in [0, 0.1) is 0 Å². The molecule has 2 N–H and O–H groups in total. The summed E-state index contributed by atoms with van der Waals surface area (Å²) in [6.45, 7) is 12.4. The Balaban J connectivity index is 2.12. The predicted octanol–water partition coefficient (Wildman–Crippen LogP) is 6.38. The van der Waals surface area contributed by atoms with Crippen molar-refractivity contribution in [1.82, 2.24) is 5.43 Å². The molecule has 0 radical (unpaired) electrons. The van der Waals surface area contributed by atoms with Crippen LogP contribution in [0.2, 0.25) is 10.0 Å². The van der Waals surface area contributed by atoms with Crippen LogP contribution in [0.1, 0.15) is 70.2 Å². The van der Waals surface area contributed by atoms with Crippen molar-refractivity contribution < 1.29 is 9.90 Å². The molecular weight excluding hydrogens is 419 g/mol. The SMILES string of the molecule is CC(C)(C)c1cc(CCC(=O)NN=Cc2cccc(Cl)c2Cl)cc(C(C)(C)C)c1O. The Morgan fingerprint density at radius 2 is 1.63 bits per heavy atom. The average Bonchev–Trinajstić information content (AvgIpc) is 2.62. The van der Waals surface area contributed by atoms with Crippen molar-refractivity contribution in [3.8, 4) is 5.75 Å². The number of halogens is 2. The molecule has 2 aromatic rings. The van der Waals surface area contributed by atoms with Gasteiger partial charge in [-0.15, -0.1) is 0 Å². The zero-order valence-electron chi connectivity index (χ0n) is 18.4. The third kappa shape index (κ3) is 6.23. The Hall–Kier alpha value is -2.04. The van der Waals surface area contributed by atoms with Gasteiger partial charge in [0.05, 0.1) is 16.3 Å². The largest absolute Gasteiger partial charge is 0.507 e. The summed E-state index contributed by atoms with van der Waals surface area (Å²) in [5.74, 6) is 0.137. The van der Waals surface area contributed by atoms with Crippen LogP contribution in [0.25, 0.3) is 0 Å². The molecule has 0 spiro atoms. The molecule has 0 unspecified atom stereocenters. The number of benzene rings is 2. The molecule has 0 saturated heterocycles. The maximum atomic E-state index is 12.3. The first-order chi connectivity index (χ1) is 13.8. The number of nitrogens with one attached hydrogen (secondary N) is 1. The Kier molecular flexibility index (Phi) is 7.59. The number of carbonyl (C=O) groups is 1. The number of hydrogen-bond acceptors (Lipinski definition) is 3. The molecule has 0 aliphatic heterocycles. The number of aromatic hydroxyl groups is 1. The van der Waals surface area contributed by atoms with E-state index in [-0.39, 0.29) is 23.2 Å². The lowest BCUT2D eigenvalue weighted by molar-refractivity contribution is -0.121. The highest BCUT2D eigenvalue weighted by Gasteiger charge is 2.26. The molecule has 4 nitrogen and oxygen atoms in total. The highest BCUT2D eigenvalue weighted by Crippen LogP contribution is 2.40. The molecule has 0 aromatic heterocycles. The van der Waals surface area contributed by atoms with Gasteiger partial charge < -0.3 is 5.11 Å². The van der Waals surface area contributed by atoms with Gasteiger partial charge in [0, 0.05) is 12.0 Å². The van der Waals surface area contributed by atoms with Crippen molar-refractivity contribution in [3.05, 3.63) is 62.6 Å². The van der Waals surface area contributed by atoms with E-state index in [1.807, 2.05) is 12.1 Å². The van der Waals surface area contributed by atoms with E-state index in [1.54, 1.807) is 18.2 Å². The maximum Gasteiger partial charge on any atom is 0.240 e. The van der Waals surface area contributed by atoms with E-state index in [1.165, 1.54) is 6.21 Å². The van der Waals surface area contributed by atoms with Gasteiger partial charge in [-0.2, -0.15) is 5.10 Å². The molecule has 0 heterocycles. The number of phenols is 1. The zero-order chi connectivity index (χ0) is 22.7. The van der Waals surface area contributed by atoms with Crippen molar-refractivity contribution in [1.29, 1.82) is 0 Å². The summed E-state index contributed by atoms with van der Waals surface area (Å²) in [6.07, 6.45) is 2.30. The lowest BCUT2D eigenvalue weighted by Crippen LogP contribution is -2.20. The lowest BCUT2D eigenvalue weighted by Gasteiger charge is -2.28. The van der Waals surface area contributed by atoms with Gasteiger partial charge in [0.1, 0.15) is 5.75 Å². The minimum atomic E-state index is -0.205. The van der Waals surface area contributed by atoms with E-state index in [0.29, 0.717) is 27.8 Å². The van der Waals surface area contributed by atoms with E-state index in [0.717, 1.165) is 16.7 Å². The summed E-state index contributed by atoms with van der Waals surface area (Å²) in [5.41, 5.74) is 5.54. The van der Waals surface area contributed by atoms with E-state index in [4.69, 9.17) is 23.2 Å². The molecule has 6 heteroatoms. The van der Waals surface area contributed by atoms with Crippen LogP contribution in [-0.2, 0) is 22.0 Å². The van der Waals surface area contributed by atoms with Gasteiger partial charge in [-0.25, -0.2) is 5.43 Å². The van der Waals surface area contributed by atoms with Gasteiger partial charge in [0.15, 0.2) is 0 Å². The van der Waals surface area contributed by atoms with Crippen molar-refractivity contribution in [2.24, 2.45) is 5.10 Å². The van der Waals surface area contributed by atoms with E-state index in [2.05, 4.69) is 52.1 Å². The summed E-state index contributed by atoms with van der Waals surface area (Å²) < 4.78 is 0. The first-order valence-corrected chi connectivity index (χ1v) is 10.7. The molecule has 30 heavy (non-hydrogen) atoms. The summed E-state index contributed by atoms with van der Waals surface area (Å²) in [6, 6.07) is 9.21. The van der Waals surface area contributed by atoms with Gasteiger partial charge in [0.25, 0.3) is 0 Å². The van der Waals surface area contributed by atoms with Crippen LogP contribution in [0.15, 0.2) is 35.4 Å². The number of amides is 1. The van der Waals surface area contributed by atoms with Crippen LogP contribution in [-0.4, -0.2) is 17.2 Å². The molecule has 1 amide bonds. The molecule has 2 aromatic carbocycles. The van der Waals surface area contributed by atoms with Gasteiger partial charge >= 0.3 is 0 Å². The maximum absolute atomic E-state index is 12.3. The molecule has 0 aliphatic carbocycles. The predicted molar refractivity (Wildman–Crippen MR) is 126 cm³/mol. The van der Waals surface area contributed by atoms with Crippen molar-refractivity contribution in [3.63, 3.8) is 0 Å². The van der Waals surface area contributed by atoms with Crippen LogP contribution in [0.3, 0.4) is 0 Å². The standard InChI is InChI=1S/C24H30Cl2N2O2/c1-23(2,3)17-12-15(13-18(22(17)30)24(4,5)6)10-11-20(29)28-27-14-16-8-7-9-19(25)21(16)26/h7-9,12-14,30H,10-11H2,1-6H3,(H,28,29). The Morgan fingerprint density at radius 3 is 2.17 bits per heavy atom. The van der Waals surface area contributed by atoms with Crippen LogP contribution in [0.4, 0.5) is 0 Å². The third-order valence-electron chi connectivity index (χ3n) is 4.80. The summed E-state index contributed by atoms with van der Waals surface area (Å²) in [5, 5.41) is 15.6. The van der Waals surface area contributed by atoms with E-state index in [9.17, 15) is 9.90 Å². The normalized spacial score (nSPS) is 12.4. The number of rotatable bonds is 5. The molecule has 0 fully saturated rings. The highest BCUT2D eigenvalue weighted by molar-refractivity contribution is 6.43. The van der Waals surface area contributed by atoms with Gasteiger partial charge in [-0.05, 0) is 40.0 Å². The molecule has 162 valence electrons. The van der Waals surface area contributed by atoms with Gasteiger partial charge in [-0.1, -0.05) is 89.0 Å². The highest BCUT2D eigenvalue weighted by atomic mass is 35.5. The third-order valence-corrected chi connectivity index (χ3v) is 5.63. The molecule has 0 atom stereocenters. The monoisotopic (exact) mass is 448 g/mol. The Bertz CT molecular complexity index is 920. The number of aryl methyl sites for hydroxylation is 1. The lowest BCUT2D eigenvalue weighted by atomic mass is 9.78. The number of hydrazone groups is 1. The number of phenolic OH excluding ortho intramolecular Hbond substituents is 1. The van der Waals surface area contributed by atoms with E-state index < -0.39 is 0 Å². The molecule has 0 saturated carbocycles. The number of hydrogen-bond donors (Lipinski definition) is 2. The first kappa shape index (κ1) is 24.2. The summed E-state index contributed by atoms with van der Waals surface area (Å²) in [4.78, 5) is 12.3. The van der Waals surface area contributed by atoms with E-state index >= 15 is 0 Å². The second-order valence-electron chi connectivity index (χ2n) is 9.48. The topological polar surface area (TPSA) is 61.7 Å². The van der Waals surface area contributed by atoms with Crippen molar-refractivity contribution >= 4 is 35.3 Å². The Labute approximate surface area is 189 Å². The first-order valence-electron chi connectivity index (χ1n) is 9.93. The van der Waals surface area contributed by atoms with Crippen molar-refractivity contribution in [2.45, 2.75) is 65.2 Å². The molecule has 0 bridgehead atoms. The molecular formula is C24H30Cl2N2O2. The summed E-state index contributed by atoms with van der Waals surface area (Å²) in [7, 11) is 0. The Morgan fingerprint density at radius 1 is 1.07 bits per heavy atom. The average molecular weight is 449 g/mol. The summed E-state index contributed by atoms with van der Waals surface area (Å²) >= 11 is 12.1. The number of nitrogens with zero attached hydrogens (tertiary/aromatic N) is 1. The minimum Gasteiger partial charge on any atom is -0.507 e. The van der Waals surface area contributed by atoms with Crippen LogP contribution in [0.5, 0.6) is 5.75 Å². The fraction of sp³-hybridized carbons (Fsp3) is 0.417. The van der Waals surface area contributed by atoms with Gasteiger partial charge in [-0.3, -0.25) is 4.79 Å². The smallest absolute Gasteiger partial charge is 0.240 e. The molecule has 0 aliphatic rings. The van der Waals surface area contributed by atoms with Crippen LogP contribution >= 0.6 is 23.2 Å². The second-order valence-corrected chi connectivity index (χ2v) is 10.3. The zero-order valence-corrected chi connectivity index (χ0v) is 19.9. The quantitative estimate of drug-likeness (QED) is 0.411. The minimum absolute atomic E-state index is 0.202. The fourth-order valence-electron chi connectivity index (χ4n) is 3.09. The fourth-order valence-corrected chi connectivity index (χ4v) is 3.45. The second kappa shape index (κ2) is 9.40.